The molecule has 2 aromatic carbocycles. The van der Waals surface area contributed by atoms with Crippen LogP contribution >= 0.6 is 22.7 Å². The number of rotatable bonds is 3. The van der Waals surface area contributed by atoms with Gasteiger partial charge in [0.05, 0.1) is 16.8 Å². The van der Waals surface area contributed by atoms with E-state index in [0.29, 0.717) is 16.8 Å². The van der Waals surface area contributed by atoms with E-state index in [1.807, 2.05) is 50.2 Å². The van der Waals surface area contributed by atoms with Gasteiger partial charge in [-0.3, -0.25) is 9.59 Å². The van der Waals surface area contributed by atoms with E-state index >= 15 is 0 Å². The van der Waals surface area contributed by atoms with E-state index in [2.05, 4.69) is 38.7 Å². The number of hydrogen-bond donors (Lipinski definition) is 1. The first-order chi connectivity index (χ1) is 17.2. The molecule has 0 radical (unpaired) electrons. The number of aryl methyl sites for hydroxylation is 4. The molecule has 1 aliphatic heterocycles. The van der Waals surface area contributed by atoms with Crippen molar-refractivity contribution in [2.45, 2.75) is 41.5 Å². The molecule has 2 amide bonds. The normalized spacial score (nSPS) is 14.3. The van der Waals surface area contributed by atoms with Crippen LogP contribution in [0.2, 0.25) is 0 Å². The minimum Gasteiger partial charge on any atom is -0.355 e. The average Bonchev–Trinajstić information content (AvgIpc) is 3.49. The van der Waals surface area contributed by atoms with Crippen molar-refractivity contribution >= 4 is 73.1 Å². The zero-order valence-corrected chi connectivity index (χ0v) is 22.8. The van der Waals surface area contributed by atoms with E-state index in [9.17, 15) is 9.59 Å². The molecule has 0 saturated heterocycles. The quantitative estimate of drug-likeness (QED) is 0.252. The van der Waals surface area contributed by atoms with Crippen LogP contribution in [0, 0.1) is 41.5 Å². The van der Waals surface area contributed by atoms with Crippen LogP contribution in [0.1, 0.15) is 41.8 Å². The Hall–Kier alpha value is -3.48. The molecule has 5 aromatic rings. The van der Waals surface area contributed by atoms with Gasteiger partial charge in [0.2, 0.25) is 0 Å². The molecule has 4 heterocycles. The maximum atomic E-state index is 14.2. The molecule has 36 heavy (non-hydrogen) atoms. The summed E-state index contributed by atoms with van der Waals surface area (Å²) < 4.78 is 0. The number of anilines is 1. The zero-order valence-electron chi connectivity index (χ0n) is 21.1. The number of hydrogen-bond acceptors (Lipinski definition) is 4. The highest BCUT2D eigenvalue weighted by Gasteiger charge is 2.43. The molecule has 0 unspecified atom stereocenters. The topological polar surface area (TPSA) is 53.2 Å². The number of carbonyl (C=O) groups excluding carboxylic acids is 2. The first-order valence-electron chi connectivity index (χ1n) is 12.0. The van der Waals surface area contributed by atoms with E-state index < -0.39 is 0 Å². The highest BCUT2D eigenvalue weighted by Crippen LogP contribution is 2.46. The second kappa shape index (κ2) is 8.02. The smallest absolute Gasteiger partial charge is 0.266 e. The van der Waals surface area contributed by atoms with Crippen molar-refractivity contribution in [2.24, 2.45) is 0 Å². The van der Waals surface area contributed by atoms with Gasteiger partial charge in [0.15, 0.2) is 0 Å². The SMILES string of the molecule is Cc1sc(C)c(C2=C(c3c(C)sc(C)c3C)C(=O)N(c3ccc4[nH]c5ccccc5c4c3)C2=O)c1C. The van der Waals surface area contributed by atoms with Crippen molar-refractivity contribution in [1.29, 1.82) is 0 Å². The molecule has 1 N–H and O–H groups in total. The van der Waals surface area contributed by atoms with Gasteiger partial charge >= 0.3 is 0 Å². The lowest BCUT2D eigenvalue weighted by Gasteiger charge is -2.16. The number of H-pyrrole nitrogens is 1. The number of thiophene rings is 2. The van der Waals surface area contributed by atoms with Crippen LogP contribution in [0.3, 0.4) is 0 Å². The standard InChI is InChI=1S/C30H26N2O2S2/c1-14-16(3)35-18(5)25(14)27-28(26-15(2)17(4)36-19(26)6)30(34)32(29(27)33)20-11-12-24-22(13-20)21-9-7-8-10-23(21)31-24/h7-13,31H,1-6H3. The van der Waals surface area contributed by atoms with Crippen molar-refractivity contribution in [3.05, 3.63) is 84.2 Å². The molecule has 4 nitrogen and oxygen atoms in total. The number of fused-ring (bicyclic) bond motifs is 3. The summed E-state index contributed by atoms with van der Waals surface area (Å²) in [6.45, 7) is 12.3. The molecule has 6 heteroatoms. The summed E-state index contributed by atoms with van der Waals surface area (Å²) in [6, 6.07) is 13.9. The first-order valence-corrected chi connectivity index (χ1v) is 13.6. The Morgan fingerprint density at radius 3 is 1.69 bits per heavy atom. The third-order valence-corrected chi connectivity index (χ3v) is 9.70. The fourth-order valence-corrected chi connectivity index (χ4v) is 7.67. The van der Waals surface area contributed by atoms with Gasteiger partial charge in [-0.15, -0.1) is 22.7 Å². The molecule has 0 bridgehead atoms. The Morgan fingerprint density at radius 1 is 0.639 bits per heavy atom. The number of nitrogens with zero attached hydrogens (tertiary/aromatic N) is 1. The number of imide groups is 1. The van der Waals surface area contributed by atoms with E-state index in [-0.39, 0.29) is 11.8 Å². The number of nitrogens with one attached hydrogen (secondary N) is 1. The number of aromatic nitrogens is 1. The van der Waals surface area contributed by atoms with Gasteiger partial charge in [-0.2, -0.15) is 0 Å². The molecule has 0 atom stereocenters. The minimum absolute atomic E-state index is 0.249. The van der Waals surface area contributed by atoms with Crippen LogP contribution < -0.4 is 4.90 Å². The molecule has 0 aliphatic carbocycles. The summed E-state index contributed by atoms with van der Waals surface area (Å²) in [5.41, 5.74) is 7.62. The molecular formula is C30H26N2O2S2. The van der Waals surface area contributed by atoms with Gasteiger partial charge in [0, 0.05) is 52.4 Å². The van der Waals surface area contributed by atoms with E-state index in [0.717, 1.165) is 53.8 Å². The third kappa shape index (κ3) is 3.11. The van der Waals surface area contributed by atoms with Crippen LogP contribution in [-0.4, -0.2) is 16.8 Å². The third-order valence-electron chi connectivity index (χ3n) is 7.45. The predicted molar refractivity (Wildman–Crippen MR) is 152 cm³/mol. The second-order valence-electron chi connectivity index (χ2n) is 9.53. The van der Waals surface area contributed by atoms with Gasteiger partial charge in [0.25, 0.3) is 11.8 Å². The van der Waals surface area contributed by atoms with Crippen molar-refractivity contribution in [1.82, 2.24) is 4.98 Å². The van der Waals surface area contributed by atoms with Crippen LogP contribution in [0.5, 0.6) is 0 Å². The van der Waals surface area contributed by atoms with Gasteiger partial charge in [-0.1, -0.05) is 18.2 Å². The Bertz CT molecular complexity index is 1720. The fraction of sp³-hybridized carbons (Fsp3) is 0.200. The number of carbonyl (C=O) groups is 2. The number of amides is 2. The van der Waals surface area contributed by atoms with Crippen molar-refractivity contribution < 1.29 is 9.59 Å². The minimum atomic E-state index is -0.249. The fourth-order valence-electron chi connectivity index (χ4n) is 5.52. The monoisotopic (exact) mass is 510 g/mol. The largest absolute Gasteiger partial charge is 0.355 e. The molecule has 0 saturated carbocycles. The maximum absolute atomic E-state index is 14.2. The van der Waals surface area contributed by atoms with Crippen LogP contribution in [0.4, 0.5) is 5.69 Å². The summed E-state index contributed by atoms with van der Waals surface area (Å²) in [5.74, 6) is -0.498. The number of benzene rings is 2. The number of aromatic amines is 1. The highest BCUT2D eigenvalue weighted by molar-refractivity contribution is 7.12. The molecule has 0 spiro atoms. The van der Waals surface area contributed by atoms with E-state index in [1.54, 1.807) is 22.7 Å². The summed E-state index contributed by atoms with van der Waals surface area (Å²) in [6.07, 6.45) is 0. The lowest BCUT2D eigenvalue weighted by atomic mass is 9.92. The van der Waals surface area contributed by atoms with Crippen molar-refractivity contribution in [3.63, 3.8) is 0 Å². The lowest BCUT2D eigenvalue weighted by molar-refractivity contribution is -0.119. The Labute approximate surface area is 217 Å². The molecule has 0 fully saturated rings. The first kappa shape index (κ1) is 23.0. The summed E-state index contributed by atoms with van der Waals surface area (Å²) >= 11 is 3.36. The lowest BCUT2D eigenvalue weighted by Crippen LogP contribution is -2.31. The van der Waals surface area contributed by atoms with Crippen LogP contribution in [0.25, 0.3) is 33.0 Å². The summed E-state index contributed by atoms with van der Waals surface area (Å²) in [7, 11) is 0. The molecule has 6 rings (SSSR count). The molecule has 180 valence electrons. The molecule has 1 aliphatic rings. The zero-order chi connectivity index (χ0) is 25.5. The van der Waals surface area contributed by atoms with Crippen LogP contribution in [0.15, 0.2) is 42.5 Å². The summed E-state index contributed by atoms with van der Waals surface area (Å²) in [4.78, 5) is 37.7. The average molecular weight is 511 g/mol. The molecule has 3 aromatic heterocycles. The van der Waals surface area contributed by atoms with Gasteiger partial charge in [-0.25, -0.2) is 4.90 Å². The highest BCUT2D eigenvalue weighted by atomic mass is 32.1. The van der Waals surface area contributed by atoms with Crippen molar-refractivity contribution in [3.8, 4) is 0 Å². The summed E-state index contributed by atoms with van der Waals surface area (Å²) in [5, 5.41) is 2.07. The van der Waals surface area contributed by atoms with Crippen molar-refractivity contribution in [2.75, 3.05) is 4.90 Å². The second-order valence-corrected chi connectivity index (χ2v) is 12.4. The Balaban J connectivity index is 1.61. The predicted octanol–water partition coefficient (Wildman–Crippen LogP) is 7.78. The van der Waals surface area contributed by atoms with E-state index in [1.165, 1.54) is 14.7 Å². The van der Waals surface area contributed by atoms with Gasteiger partial charge < -0.3 is 4.98 Å². The number of para-hydroxylation sites is 1. The van der Waals surface area contributed by atoms with Gasteiger partial charge in [0.1, 0.15) is 0 Å². The Kier molecular flexibility index (Phi) is 5.11. The van der Waals surface area contributed by atoms with Crippen LogP contribution in [-0.2, 0) is 9.59 Å². The molecular weight excluding hydrogens is 484 g/mol. The van der Waals surface area contributed by atoms with E-state index in [4.69, 9.17) is 0 Å². The maximum Gasteiger partial charge on any atom is 0.266 e. The Morgan fingerprint density at radius 2 is 1.17 bits per heavy atom. The van der Waals surface area contributed by atoms with Gasteiger partial charge in [-0.05, 0) is 76.9 Å².